The van der Waals surface area contributed by atoms with Gasteiger partial charge in [-0.2, -0.15) is 0 Å². The second-order valence-corrected chi connectivity index (χ2v) is 7.44. The number of hydrogen-bond acceptors (Lipinski definition) is 5. The van der Waals surface area contributed by atoms with Gasteiger partial charge in [-0.1, -0.05) is 16.8 Å². The van der Waals surface area contributed by atoms with Crippen LogP contribution in [0.4, 0.5) is 0 Å². The molecule has 0 bridgehead atoms. The van der Waals surface area contributed by atoms with Gasteiger partial charge in [-0.25, -0.2) is 0 Å². The molecule has 1 N–H and O–H groups in total. The summed E-state index contributed by atoms with van der Waals surface area (Å²) in [5.41, 5.74) is 0.988. The lowest BCUT2D eigenvalue weighted by Gasteiger charge is -2.36. The van der Waals surface area contributed by atoms with E-state index in [0.29, 0.717) is 11.6 Å². The zero-order chi connectivity index (χ0) is 19.9. The number of halogens is 2. The first kappa shape index (κ1) is 23.8. The number of ether oxygens (including phenoxy) is 1. The molecule has 29 heavy (non-hydrogen) atoms. The Hall–Kier alpha value is -1.52. The normalized spacial score (nSPS) is 16.3. The second kappa shape index (κ2) is 11.6. The SMILES string of the molecule is CN=C(NCC(C)Oc1ccc(Cl)cc1)N1CCN(Cc2cc(C)on2)CC1.I. The van der Waals surface area contributed by atoms with E-state index < -0.39 is 0 Å². The van der Waals surface area contributed by atoms with Crippen molar-refractivity contribution in [3.63, 3.8) is 0 Å². The molecule has 160 valence electrons. The van der Waals surface area contributed by atoms with Crippen LogP contribution >= 0.6 is 35.6 Å². The van der Waals surface area contributed by atoms with E-state index in [1.165, 1.54) is 0 Å². The van der Waals surface area contributed by atoms with Crippen molar-refractivity contribution in [2.24, 2.45) is 4.99 Å². The smallest absolute Gasteiger partial charge is 0.193 e. The highest BCUT2D eigenvalue weighted by atomic mass is 127. The highest BCUT2D eigenvalue weighted by Gasteiger charge is 2.21. The predicted octanol–water partition coefficient (Wildman–Crippen LogP) is 3.41. The number of nitrogens with zero attached hydrogens (tertiary/aromatic N) is 4. The number of piperazine rings is 1. The highest BCUT2D eigenvalue weighted by molar-refractivity contribution is 14.0. The summed E-state index contributed by atoms with van der Waals surface area (Å²) in [4.78, 5) is 9.09. The minimum Gasteiger partial charge on any atom is -0.489 e. The van der Waals surface area contributed by atoms with E-state index in [2.05, 4.69) is 25.3 Å². The number of aryl methyl sites for hydroxylation is 1. The fraction of sp³-hybridized carbons (Fsp3) is 0.500. The number of guanidine groups is 1. The number of benzene rings is 1. The van der Waals surface area contributed by atoms with Crippen LogP contribution in [0.2, 0.25) is 5.02 Å². The molecule has 1 aliphatic heterocycles. The Morgan fingerprint density at radius 3 is 2.55 bits per heavy atom. The van der Waals surface area contributed by atoms with E-state index in [-0.39, 0.29) is 30.1 Å². The number of rotatable bonds is 6. The molecular weight excluding hydrogens is 505 g/mol. The van der Waals surface area contributed by atoms with E-state index in [9.17, 15) is 0 Å². The molecule has 1 aromatic heterocycles. The first-order chi connectivity index (χ1) is 13.5. The molecule has 2 heterocycles. The average Bonchev–Trinajstić information content (AvgIpc) is 3.10. The Balaban J connectivity index is 0.00000300. The van der Waals surface area contributed by atoms with Crippen molar-refractivity contribution >= 4 is 41.5 Å². The van der Waals surface area contributed by atoms with Crippen LogP contribution in [0.5, 0.6) is 5.75 Å². The Morgan fingerprint density at radius 1 is 1.28 bits per heavy atom. The fourth-order valence-electron chi connectivity index (χ4n) is 3.19. The predicted molar refractivity (Wildman–Crippen MR) is 126 cm³/mol. The Kier molecular flexibility index (Phi) is 9.51. The van der Waals surface area contributed by atoms with Crippen LogP contribution in [-0.2, 0) is 6.54 Å². The minimum atomic E-state index is 0. The summed E-state index contributed by atoms with van der Waals surface area (Å²) in [5, 5.41) is 8.20. The lowest BCUT2D eigenvalue weighted by Crippen LogP contribution is -2.53. The van der Waals surface area contributed by atoms with Crippen LogP contribution in [0.15, 0.2) is 39.8 Å². The summed E-state index contributed by atoms with van der Waals surface area (Å²) in [5.74, 6) is 2.57. The molecule has 0 amide bonds. The van der Waals surface area contributed by atoms with Gasteiger partial charge in [-0.15, -0.1) is 24.0 Å². The summed E-state index contributed by atoms with van der Waals surface area (Å²) in [6.45, 7) is 9.21. The molecule has 1 aromatic carbocycles. The van der Waals surface area contributed by atoms with E-state index >= 15 is 0 Å². The maximum Gasteiger partial charge on any atom is 0.193 e. The molecule has 9 heteroatoms. The fourth-order valence-corrected chi connectivity index (χ4v) is 3.32. The largest absolute Gasteiger partial charge is 0.489 e. The maximum absolute atomic E-state index is 5.92. The van der Waals surface area contributed by atoms with Gasteiger partial charge in [0.05, 0.1) is 12.2 Å². The molecule has 0 saturated carbocycles. The number of aliphatic imine (C=N–C) groups is 1. The van der Waals surface area contributed by atoms with Crippen molar-refractivity contribution in [2.45, 2.75) is 26.5 Å². The van der Waals surface area contributed by atoms with E-state index in [1.807, 2.05) is 51.2 Å². The topological polar surface area (TPSA) is 66.1 Å². The molecular formula is C20H29ClIN5O2. The van der Waals surface area contributed by atoms with Crippen LogP contribution in [0, 0.1) is 6.92 Å². The number of aromatic nitrogens is 1. The van der Waals surface area contributed by atoms with Crippen molar-refractivity contribution in [3.8, 4) is 5.75 Å². The van der Waals surface area contributed by atoms with Gasteiger partial charge >= 0.3 is 0 Å². The van der Waals surface area contributed by atoms with Crippen molar-refractivity contribution in [1.29, 1.82) is 0 Å². The van der Waals surface area contributed by atoms with Crippen LogP contribution in [0.1, 0.15) is 18.4 Å². The third-order valence-corrected chi connectivity index (χ3v) is 4.90. The van der Waals surface area contributed by atoms with Gasteiger partial charge in [-0.3, -0.25) is 9.89 Å². The van der Waals surface area contributed by atoms with Crippen molar-refractivity contribution in [2.75, 3.05) is 39.8 Å². The van der Waals surface area contributed by atoms with Gasteiger partial charge in [0.1, 0.15) is 17.6 Å². The van der Waals surface area contributed by atoms with Gasteiger partial charge in [0.25, 0.3) is 0 Å². The van der Waals surface area contributed by atoms with Crippen LogP contribution in [0.25, 0.3) is 0 Å². The maximum atomic E-state index is 5.92. The Labute approximate surface area is 194 Å². The molecule has 3 rings (SSSR count). The lowest BCUT2D eigenvalue weighted by atomic mass is 10.3. The number of hydrogen-bond donors (Lipinski definition) is 1. The summed E-state index contributed by atoms with van der Waals surface area (Å²) in [6.07, 6.45) is 0.00891. The third-order valence-electron chi connectivity index (χ3n) is 4.64. The third kappa shape index (κ3) is 7.35. The number of nitrogens with one attached hydrogen (secondary N) is 1. The molecule has 1 atom stereocenters. The van der Waals surface area contributed by atoms with Gasteiger partial charge in [0.15, 0.2) is 5.96 Å². The molecule has 1 fully saturated rings. The van der Waals surface area contributed by atoms with Crippen molar-refractivity contribution < 1.29 is 9.26 Å². The molecule has 0 radical (unpaired) electrons. The Bertz CT molecular complexity index is 775. The molecule has 1 aliphatic rings. The van der Waals surface area contributed by atoms with Gasteiger partial charge in [0, 0.05) is 50.9 Å². The van der Waals surface area contributed by atoms with Crippen molar-refractivity contribution in [1.82, 2.24) is 20.3 Å². The summed E-state index contributed by atoms with van der Waals surface area (Å²) in [6, 6.07) is 9.41. The molecule has 0 aliphatic carbocycles. The van der Waals surface area contributed by atoms with Crippen molar-refractivity contribution in [3.05, 3.63) is 46.8 Å². The van der Waals surface area contributed by atoms with E-state index in [0.717, 1.165) is 55.9 Å². The zero-order valence-electron chi connectivity index (χ0n) is 17.1. The molecule has 0 spiro atoms. The van der Waals surface area contributed by atoms with Crippen LogP contribution in [-0.4, -0.2) is 66.8 Å². The highest BCUT2D eigenvalue weighted by Crippen LogP contribution is 2.16. The Morgan fingerprint density at radius 2 is 1.97 bits per heavy atom. The zero-order valence-corrected chi connectivity index (χ0v) is 20.2. The standard InChI is InChI=1S/C20H28ClN5O2.HI/c1-15-12-18(24-28-15)14-25-8-10-26(11-9-25)20(22-3)23-13-16(2)27-19-6-4-17(21)5-7-19;/h4-7,12,16H,8-11,13-14H2,1-3H3,(H,22,23);1H. The summed E-state index contributed by atoms with van der Waals surface area (Å²) in [7, 11) is 1.82. The molecule has 2 aromatic rings. The first-order valence-corrected chi connectivity index (χ1v) is 9.93. The first-order valence-electron chi connectivity index (χ1n) is 9.56. The van der Waals surface area contributed by atoms with Gasteiger partial charge < -0.3 is 19.5 Å². The molecule has 1 unspecified atom stereocenters. The quantitative estimate of drug-likeness (QED) is 0.349. The summed E-state index contributed by atoms with van der Waals surface area (Å²) >= 11 is 5.91. The van der Waals surface area contributed by atoms with Gasteiger partial charge in [-0.05, 0) is 38.1 Å². The monoisotopic (exact) mass is 533 g/mol. The molecule has 1 saturated heterocycles. The summed E-state index contributed by atoms with van der Waals surface area (Å²) < 4.78 is 11.1. The minimum absolute atomic E-state index is 0. The van der Waals surface area contributed by atoms with Crippen LogP contribution in [0.3, 0.4) is 0 Å². The van der Waals surface area contributed by atoms with E-state index in [4.69, 9.17) is 20.9 Å². The molecule has 7 nitrogen and oxygen atoms in total. The van der Waals surface area contributed by atoms with E-state index in [1.54, 1.807) is 0 Å². The lowest BCUT2D eigenvalue weighted by molar-refractivity contribution is 0.167. The van der Waals surface area contributed by atoms with Crippen LogP contribution < -0.4 is 10.1 Å². The average molecular weight is 534 g/mol. The van der Waals surface area contributed by atoms with Gasteiger partial charge in [0.2, 0.25) is 0 Å². The second-order valence-electron chi connectivity index (χ2n) is 7.00.